The molecule has 0 atom stereocenters. The highest BCUT2D eigenvalue weighted by atomic mass is 79.9. The van der Waals surface area contributed by atoms with Crippen molar-refractivity contribution >= 4 is 43.2 Å². The average molecular weight is 459 g/mol. The molecule has 0 bridgehead atoms. The van der Waals surface area contributed by atoms with E-state index in [-0.39, 0.29) is 22.1 Å². The van der Waals surface area contributed by atoms with Crippen molar-refractivity contribution in [1.82, 2.24) is 0 Å². The molecule has 0 radical (unpaired) electrons. The van der Waals surface area contributed by atoms with Crippen LogP contribution in [-0.2, 0) is 10.0 Å². The van der Waals surface area contributed by atoms with Crippen LogP contribution < -0.4 is 10.0 Å². The Kier molecular flexibility index (Phi) is 5.86. The van der Waals surface area contributed by atoms with Gasteiger partial charge in [0.15, 0.2) is 0 Å². The normalized spacial score (nSPS) is 11.1. The van der Waals surface area contributed by atoms with Gasteiger partial charge in [0, 0.05) is 10.2 Å². The van der Waals surface area contributed by atoms with Gasteiger partial charge in [0.1, 0.15) is 0 Å². The third kappa shape index (κ3) is 4.61. The second-order valence-electron chi connectivity index (χ2n) is 6.38. The first kappa shape index (κ1) is 20.1. The first-order chi connectivity index (χ1) is 13.3. The molecule has 3 rings (SSSR count). The number of rotatable bonds is 5. The second-order valence-corrected chi connectivity index (χ2v) is 8.98. The molecule has 1 amide bonds. The molecule has 0 heterocycles. The van der Waals surface area contributed by atoms with Gasteiger partial charge < -0.3 is 5.32 Å². The minimum atomic E-state index is -3.82. The van der Waals surface area contributed by atoms with Gasteiger partial charge in [-0.2, -0.15) is 0 Å². The summed E-state index contributed by atoms with van der Waals surface area (Å²) in [7, 11) is -3.82. The molecule has 0 aliphatic rings. The molecule has 3 aromatic carbocycles. The number of carbonyl (C=O) groups is 1. The van der Waals surface area contributed by atoms with E-state index in [1.54, 1.807) is 36.4 Å². The van der Waals surface area contributed by atoms with Crippen LogP contribution in [0, 0.1) is 13.8 Å². The summed E-state index contributed by atoms with van der Waals surface area (Å²) < 4.78 is 28.6. The van der Waals surface area contributed by atoms with Gasteiger partial charge in [0.05, 0.1) is 16.1 Å². The Morgan fingerprint density at radius 2 is 1.57 bits per heavy atom. The third-order valence-electron chi connectivity index (χ3n) is 4.17. The highest BCUT2D eigenvalue weighted by molar-refractivity contribution is 9.10. The lowest BCUT2D eigenvalue weighted by atomic mass is 10.1. The molecule has 0 saturated heterocycles. The molecule has 0 aliphatic carbocycles. The van der Waals surface area contributed by atoms with Gasteiger partial charge in [0.25, 0.3) is 15.9 Å². The molecule has 0 aromatic heterocycles. The monoisotopic (exact) mass is 458 g/mol. The molecule has 2 N–H and O–H groups in total. The van der Waals surface area contributed by atoms with Crippen molar-refractivity contribution in [1.29, 1.82) is 0 Å². The Hall–Kier alpha value is -2.64. The summed E-state index contributed by atoms with van der Waals surface area (Å²) >= 11 is 3.28. The molecule has 144 valence electrons. The summed E-state index contributed by atoms with van der Waals surface area (Å²) in [6.07, 6.45) is 0. The van der Waals surface area contributed by atoms with E-state index in [4.69, 9.17) is 0 Å². The van der Waals surface area contributed by atoms with E-state index in [9.17, 15) is 13.2 Å². The molecule has 7 heteroatoms. The topological polar surface area (TPSA) is 75.3 Å². The second kappa shape index (κ2) is 8.16. The predicted molar refractivity (Wildman–Crippen MR) is 115 cm³/mol. The molecular formula is C21H19BrN2O3S. The average Bonchev–Trinajstić information content (AvgIpc) is 2.64. The summed E-state index contributed by atoms with van der Waals surface area (Å²) in [6.45, 7) is 3.88. The summed E-state index contributed by atoms with van der Waals surface area (Å²) in [5.74, 6) is -0.388. The van der Waals surface area contributed by atoms with E-state index in [1.807, 2.05) is 32.0 Å². The molecule has 3 aromatic rings. The number of hydrogen-bond acceptors (Lipinski definition) is 3. The van der Waals surface area contributed by atoms with Crippen LogP contribution >= 0.6 is 15.9 Å². The molecule has 0 fully saturated rings. The quantitative estimate of drug-likeness (QED) is 0.556. The van der Waals surface area contributed by atoms with Gasteiger partial charge in [-0.15, -0.1) is 0 Å². The lowest BCUT2D eigenvalue weighted by Gasteiger charge is -2.14. The maximum atomic E-state index is 12.8. The molecule has 0 saturated carbocycles. The number of nitrogens with one attached hydrogen (secondary N) is 2. The maximum absolute atomic E-state index is 12.8. The number of halogens is 1. The van der Waals surface area contributed by atoms with E-state index in [0.717, 1.165) is 15.6 Å². The number of amides is 1. The first-order valence-electron chi connectivity index (χ1n) is 8.52. The van der Waals surface area contributed by atoms with Crippen LogP contribution in [0.15, 0.2) is 76.1 Å². The lowest BCUT2D eigenvalue weighted by Crippen LogP contribution is -2.19. The van der Waals surface area contributed by atoms with Crippen LogP contribution in [0.2, 0.25) is 0 Å². The Morgan fingerprint density at radius 3 is 2.25 bits per heavy atom. The van der Waals surface area contributed by atoms with Gasteiger partial charge in [-0.25, -0.2) is 8.42 Å². The number of hydrogen-bond donors (Lipinski definition) is 2. The first-order valence-corrected chi connectivity index (χ1v) is 10.8. The number of anilines is 2. The molecule has 5 nitrogen and oxygen atoms in total. The van der Waals surface area contributed by atoms with Crippen LogP contribution in [0.3, 0.4) is 0 Å². The van der Waals surface area contributed by atoms with Gasteiger partial charge in [-0.1, -0.05) is 45.8 Å². The van der Waals surface area contributed by atoms with Gasteiger partial charge in [0.2, 0.25) is 0 Å². The van der Waals surface area contributed by atoms with Crippen molar-refractivity contribution in [3.05, 3.63) is 87.9 Å². The summed E-state index contributed by atoms with van der Waals surface area (Å²) in [4.78, 5) is 12.9. The predicted octanol–water partition coefficient (Wildman–Crippen LogP) is 5.12. The number of carbonyl (C=O) groups excluding carboxylic acids is 1. The molecule has 0 spiro atoms. The minimum absolute atomic E-state index is 0.111. The Morgan fingerprint density at radius 1 is 0.893 bits per heavy atom. The van der Waals surface area contributed by atoms with Crippen LogP contribution in [0.1, 0.15) is 21.5 Å². The van der Waals surface area contributed by atoms with E-state index in [0.29, 0.717) is 5.69 Å². The zero-order chi connectivity index (χ0) is 20.3. The van der Waals surface area contributed by atoms with E-state index in [1.165, 1.54) is 12.1 Å². The lowest BCUT2D eigenvalue weighted by molar-refractivity contribution is 0.102. The van der Waals surface area contributed by atoms with Crippen molar-refractivity contribution < 1.29 is 13.2 Å². The maximum Gasteiger partial charge on any atom is 0.261 e. The number of sulfonamides is 1. The van der Waals surface area contributed by atoms with Crippen molar-refractivity contribution in [2.45, 2.75) is 18.7 Å². The molecule has 0 unspecified atom stereocenters. The van der Waals surface area contributed by atoms with E-state index in [2.05, 4.69) is 26.0 Å². The number of aryl methyl sites for hydroxylation is 2. The summed E-state index contributed by atoms with van der Waals surface area (Å²) in [5.41, 5.74) is 3.16. The third-order valence-corrected chi connectivity index (χ3v) is 6.08. The zero-order valence-corrected chi connectivity index (χ0v) is 17.8. The van der Waals surface area contributed by atoms with Crippen LogP contribution in [0.5, 0.6) is 0 Å². The SMILES string of the molecule is Cc1ccc(NC(=O)c2ccccc2NS(=O)(=O)c2ccc(Br)cc2)c(C)c1. The highest BCUT2D eigenvalue weighted by Crippen LogP contribution is 2.23. The van der Waals surface area contributed by atoms with Crippen LogP contribution in [0.25, 0.3) is 0 Å². The van der Waals surface area contributed by atoms with Crippen molar-refractivity contribution in [3.8, 4) is 0 Å². The highest BCUT2D eigenvalue weighted by Gasteiger charge is 2.19. The fourth-order valence-electron chi connectivity index (χ4n) is 2.73. The molecular weight excluding hydrogens is 440 g/mol. The van der Waals surface area contributed by atoms with Gasteiger partial charge in [-0.3, -0.25) is 9.52 Å². The smallest absolute Gasteiger partial charge is 0.261 e. The Balaban J connectivity index is 1.88. The summed E-state index contributed by atoms with van der Waals surface area (Å²) in [5, 5.41) is 2.85. The standard InChI is InChI=1S/C21H19BrN2O3S/c1-14-7-12-19(15(2)13-14)23-21(25)18-5-3-4-6-20(18)24-28(26,27)17-10-8-16(22)9-11-17/h3-13,24H,1-2H3,(H,23,25). The van der Waals surface area contributed by atoms with Gasteiger partial charge in [-0.05, 0) is 61.9 Å². The molecule has 0 aliphatic heterocycles. The van der Waals surface area contributed by atoms with Crippen molar-refractivity contribution in [3.63, 3.8) is 0 Å². The minimum Gasteiger partial charge on any atom is -0.322 e. The zero-order valence-electron chi connectivity index (χ0n) is 15.4. The van der Waals surface area contributed by atoms with Crippen molar-refractivity contribution in [2.75, 3.05) is 10.0 Å². The Bertz CT molecular complexity index is 1130. The van der Waals surface area contributed by atoms with E-state index < -0.39 is 10.0 Å². The fourth-order valence-corrected chi connectivity index (χ4v) is 4.08. The summed E-state index contributed by atoms with van der Waals surface area (Å²) in [6, 6.07) is 18.5. The van der Waals surface area contributed by atoms with E-state index >= 15 is 0 Å². The number of para-hydroxylation sites is 1. The van der Waals surface area contributed by atoms with Crippen LogP contribution in [-0.4, -0.2) is 14.3 Å². The Labute approximate surface area is 173 Å². The number of benzene rings is 3. The molecule has 28 heavy (non-hydrogen) atoms. The van der Waals surface area contributed by atoms with Gasteiger partial charge >= 0.3 is 0 Å². The fraction of sp³-hybridized carbons (Fsp3) is 0.0952. The van der Waals surface area contributed by atoms with Crippen LogP contribution in [0.4, 0.5) is 11.4 Å². The largest absolute Gasteiger partial charge is 0.322 e. The van der Waals surface area contributed by atoms with Crippen molar-refractivity contribution in [2.24, 2.45) is 0 Å².